The molecule has 0 spiro atoms. The van der Waals surface area contributed by atoms with Crippen LogP contribution in [0.3, 0.4) is 0 Å². The number of hydrogen-bond acceptors (Lipinski definition) is 5. The van der Waals surface area contributed by atoms with Crippen molar-refractivity contribution in [3.63, 3.8) is 0 Å². The van der Waals surface area contributed by atoms with E-state index in [1.54, 1.807) is 44.2 Å². The number of benzene rings is 2. The Labute approximate surface area is 190 Å². The van der Waals surface area contributed by atoms with Crippen LogP contribution in [0.1, 0.15) is 33.1 Å². The van der Waals surface area contributed by atoms with Gasteiger partial charge < -0.3 is 5.32 Å². The Kier molecular flexibility index (Phi) is 7.71. The molecule has 174 valence electrons. The number of carbonyl (C=O) groups excluding carboxylic acids is 1. The SMILES string of the molecule is CCN(CC)S(=O)(=O)c1cccc(NC(=O)C2CCCCN2S(=O)(=O)c2ccccc2)c1. The van der Waals surface area contributed by atoms with Gasteiger partial charge in [-0.25, -0.2) is 16.8 Å². The van der Waals surface area contributed by atoms with Gasteiger partial charge in [0.15, 0.2) is 0 Å². The highest BCUT2D eigenvalue weighted by atomic mass is 32.2. The molecule has 2 aromatic rings. The predicted molar refractivity (Wildman–Crippen MR) is 123 cm³/mol. The Balaban J connectivity index is 1.85. The molecule has 1 heterocycles. The van der Waals surface area contributed by atoms with E-state index in [4.69, 9.17) is 0 Å². The monoisotopic (exact) mass is 479 g/mol. The number of sulfonamides is 2. The van der Waals surface area contributed by atoms with Crippen molar-refractivity contribution in [3.8, 4) is 0 Å². The zero-order chi connectivity index (χ0) is 23.4. The number of piperidine rings is 1. The molecule has 2 aromatic carbocycles. The summed E-state index contributed by atoms with van der Waals surface area (Å²) in [6, 6.07) is 13.2. The smallest absolute Gasteiger partial charge is 0.243 e. The van der Waals surface area contributed by atoms with Crippen molar-refractivity contribution < 1.29 is 21.6 Å². The fraction of sp³-hybridized carbons (Fsp3) is 0.409. The minimum atomic E-state index is -3.83. The third-order valence-electron chi connectivity index (χ3n) is 5.55. The van der Waals surface area contributed by atoms with Gasteiger partial charge in [-0.15, -0.1) is 0 Å². The van der Waals surface area contributed by atoms with Crippen LogP contribution in [0.15, 0.2) is 64.4 Å². The van der Waals surface area contributed by atoms with E-state index >= 15 is 0 Å². The van der Waals surface area contributed by atoms with Gasteiger partial charge in [-0.1, -0.05) is 44.5 Å². The standard InChI is InChI=1S/C22H29N3O5S2/c1-3-24(4-2)31(27,28)20-14-10-11-18(17-20)23-22(26)21-15-8-9-16-25(21)32(29,30)19-12-6-5-7-13-19/h5-7,10-14,17,21H,3-4,8-9,15-16H2,1-2H3,(H,23,26). The quantitative estimate of drug-likeness (QED) is 0.627. The number of nitrogens with zero attached hydrogens (tertiary/aromatic N) is 2. The van der Waals surface area contributed by atoms with Crippen LogP contribution in [0.25, 0.3) is 0 Å². The maximum Gasteiger partial charge on any atom is 0.243 e. The normalized spacial score (nSPS) is 17.9. The van der Waals surface area contributed by atoms with Crippen molar-refractivity contribution in [1.29, 1.82) is 0 Å². The summed E-state index contributed by atoms with van der Waals surface area (Å²) in [4.78, 5) is 13.3. The summed E-state index contributed by atoms with van der Waals surface area (Å²) in [5, 5.41) is 2.72. The number of amides is 1. The summed E-state index contributed by atoms with van der Waals surface area (Å²) in [5.74, 6) is -0.471. The van der Waals surface area contributed by atoms with E-state index in [-0.39, 0.29) is 16.3 Å². The van der Waals surface area contributed by atoms with Crippen LogP contribution in [0.4, 0.5) is 5.69 Å². The van der Waals surface area contributed by atoms with Gasteiger partial charge in [-0.05, 0) is 43.2 Å². The zero-order valence-electron chi connectivity index (χ0n) is 18.3. The Bertz CT molecular complexity index is 1150. The van der Waals surface area contributed by atoms with Crippen LogP contribution >= 0.6 is 0 Å². The zero-order valence-corrected chi connectivity index (χ0v) is 19.9. The van der Waals surface area contributed by atoms with Crippen molar-refractivity contribution >= 4 is 31.6 Å². The van der Waals surface area contributed by atoms with E-state index in [2.05, 4.69) is 5.32 Å². The molecule has 1 aliphatic heterocycles. The van der Waals surface area contributed by atoms with Gasteiger partial charge >= 0.3 is 0 Å². The Morgan fingerprint density at radius 2 is 1.62 bits per heavy atom. The number of rotatable bonds is 8. The molecule has 1 amide bonds. The van der Waals surface area contributed by atoms with Crippen molar-refractivity contribution in [2.45, 2.75) is 48.9 Å². The summed E-state index contributed by atoms with van der Waals surface area (Å²) in [5.41, 5.74) is 0.311. The van der Waals surface area contributed by atoms with Crippen LogP contribution in [0.5, 0.6) is 0 Å². The van der Waals surface area contributed by atoms with E-state index < -0.39 is 32.0 Å². The lowest BCUT2D eigenvalue weighted by Gasteiger charge is -2.33. The van der Waals surface area contributed by atoms with Crippen LogP contribution < -0.4 is 5.32 Å². The number of carbonyl (C=O) groups is 1. The largest absolute Gasteiger partial charge is 0.325 e. The Morgan fingerprint density at radius 1 is 0.969 bits per heavy atom. The van der Waals surface area contributed by atoms with E-state index in [0.717, 1.165) is 6.42 Å². The lowest BCUT2D eigenvalue weighted by molar-refractivity contribution is -0.120. The average Bonchev–Trinajstić information content (AvgIpc) is 2.80. The van der Waals surface area contributed by atoms with Gasteiger partial charge in [0.2, 0.25) is 26.0 Å². The van der Waals surface area contributed by atoms with E-state index in [0.29, 0.717) is 31.6 Å². The first-order valence-corrected chi connectivity index (χ1v) is 13.6. The second-order valence-electron chi connectivity index (χ2n) is 7.55. The van der Waals surface area contributed by atoms with Crippen LogP contribution in [0.2, 0.25) is 0 Å². The second-order valence-corrected chi connectivity index (χ2v) is 11.4. The predicted octanol–water partition coefficient (Wildman–Crippen LogP) is 2.90. The minimum absolute atomic E-state index is 0.0800. The third-order valence-corrected chi connectivity index (χ3v) is 9.52. The lowest BCUT2D eigenvalue weighted by atomic mass is 10.0. The molecule has 1 fully saturated rings. The highest BCUT2D eigenvalue weighted by Gasteiger charge is 2.37. The van der Waals surface area contributed by atoms with Crippen LogP contribution in [0, 0.1) is 0 Å². The second kappa shape index (κ2) is 10.1. The molecular weight excluding hydrogens is 450 g/mol. The van der Waals surface area contributed by atoms with Gasteiger partial charge in [0.1, 0.15) is 6.04 Å². The maximum atomic E-state index is 13.1. The first-order chi connectivity index (χ1) is 15.2. The summed E-state index contributed by atoms with van der Waals surface area (Å²) < 4.78 is 54.5. The van der Waals surface area contributed by atoms with Gasteiger partial charge in [0.05, 0.1) is 9.79 Å². The highest BCUT2D eigenvalue weighted by molar-refractivity contribution is 7.89. The fourth-order valence-corrected chi connectivity index (χ4v) is 7.04. The highest BCUT2D eigenvalue weighted by Crippen LogP contribution is 2.27. The van der Waals surface area contributed by atoms with E-state index in [1.165, 1.54) is 32.9 Å². The van der Waals surface area contributed by atoms with Crippen LogP contribution in [-0.2, 0) is 24.8 Å². The third kappa shape index (κ3) is 5.03. The first-order valence-electron chi connectivity index (χ1n) is 10.7. The van der Waals surface area contributed by atoms with Gasteiger partial charge in [-0.2, -0.15) is 8.61 Å². The molecule has 0 aromatic heterocycles. The molecule has 3 rings (SSSR count). The molecule has 0 aliphatic carbocycles. The number of anilines is 1. The van der Waals surface area contributed by atoms with Crippen molar-refractivity contribution in [3.05, 3.63) is 54.6 Å². The molecule has 10 heteroatoms. The van der Waals surface area contributed by atoms with Crippen molar-refractivity contribution in [1.82, 2.24) is 8.61 Å². The molecule has 0 bridgehead atoms. The maximum absolute atomic E-state index is 13.1. The van der Waals surface area contributed by atoms with Crippen molar-refractivity contribution in [2.24, 2.45) is 0 Å². The molecule has 1 atom stereocenters. The average molecular weight is 480 g/mol. The van der Waals surface area contributed by atoms with Crippen LogP contribution in [-0.4, -0.2) is 57.0 Å². The van der Waals surface area contributed by atoms with Gasteiger partial charge in [-0.3, -0.25) is 4.79 Å². The first kappa shape index (κ1) is 24.4. The number of nitrogens with one attached hydrogen (secondary N) is 1. The fourth-order valence-electron chi connectivity index (χ4n) is 3.86. The van der Waals surface area contributed by atoms with Gasteiger partial charge in [0, 0.05) is 25.3 Å². The van der Waals surface area contributed by atoms with E-state index in [9.17, 15) is 21.6 Å². The molecular formula is C22H29N3O5S2. The molecule has 1 aliphatic rings. The van der Waals surface area contributed by atoms with E-state index in [1.807, 2.05) is 0 Å². The molecule has 32 heavy (non-hydrogen) atoms. The summed E-state index contributed by atoms with van der Waals surface area (Å²) in [6.45, 7) is 4.45. The minimum Gasteiger partial charge on any atom is -0.325 e. The summed E-state index contributed by atoms with van der Waals surface area (Å²) in [7, 11) is -7.51. The Hall–Kier alpha value is -2.27. The van der Waals surface area contributed by atoms with Crippen molar-refractivity contribution in [2.75, 3.05) is 25.0 Å². The molecule has 1 saturated heterocycles. The Morgan fingerprint density at radius 3 is 2.28 bits per heavy atom. The van der Waals surface area contributed by atoms with Gasteiger partial charge in [0.25, 0.3) is 0 Å². The lowest BCUT2D eigenvalue weighted by Crippen LogP contribution is -2.49. The molecule has 1 unspecified atom stereocenters. The topological polar surface area (TPSA) is 104 Å². The molecule has 0 radical (unpaired) electrons. The summed E-state index contributed by atoms with van der Waals surface area (Å²) >= 11 is 0. The summed E-state index contributed by atoms with van der Waals surface area (Å²) in [6.07, 6.45) is 1.80. The molecule has 8 nitrogen and oxygen atoms in total. The number of hydrogen-bond donors (Lipinski definition) is 1. The molecule has 1 N–H and O–H groups in total. The molecule has 0 saturated carbocycles.